The van der Waals surface area contributed by atoms with Gasteiger partial charge in [-0.3, -0.25) is 4.79 Å². The number of carbonyl (C=O) groups is 1. The predicted molar refractivity (Wildman–Crippen MR) is 94.6 cm³/mol. The van der Waals surface area contributed by atoms with Crippen LogP contribution in [0.5, 0.6) is 0 Å². The number of rotatable bonds is 4. The van der Waals surface area contributed by atoms with Crippen LogP contribution in [0.3, 0.4) is 0 Å². The molecule has 4 nitrogen and oxygen atoms in total. The van der Waals surface area contributed by atoms with Gasteiger partial charge in [0.05, 0.1) is 15.1 Å². The SMILES string of the molecule is O=C(NCc1cccc(Cl)c1Cl)c1csc(C2CCNCC2)n1. The number of nitrogens with zero attached hydrogens (tertiary/aromatic N) is 1. The second-order valence-electron chi connectivity index (χ2n) is 5.49. The smallest absolute Gasteiger partial charge is 0.271 e. The lowest BCUT2D eigenvalue weighted by Gasteiger charge is -2.20. The first-order valence-corrected chi connectivity index (χ1v) is 9.16. The van der Waals surface area contributed by atoms with Crippen molar-refractivity contribution in [2.75, 3.05) is 13.1 Å². The number of carbonyl (C=O) groups excluding carboxylic acids is 1. The number of nitrogens with one attached hydrogen (secondary N) is 2. The largest absolute Gasteiger partial charge is 0.347 e. The van der Waals surface area contributed by atoms with Crippen molar-refractivity contribution in [3.63, 3.8) is 0 Å². The van der Waals surface area contributed by atoms with E-state index in [1.165, 1.54) is 0 Å². The Morgan fingerprint density at radius 2 is 2.13 bits per heavy atom. The third kappa shape index (κ3) is 4.04. The number of hydrogen-bond acceptors (Lipinski definition) is 4. The monoisotopic (exact) mass is 369 g/mol. The van der Waals surface area contributed by atoms with Gasteiger partial charge in [-0.15, -0.1) is 11.3 Å². The van der Waals surface area contributed by atoms with Crippen molar-refractivity contribution >= 4 is 40.4 Å². The molecule has 0 spiro atoms. The van der Waals surface area contributed by atoms with Crippen molar-refractivity contribution in [1.82, 2.24) is 15.6 Å². The van der Waals surface area contributed by atoms with E-state index >= 15 is 0 Å². The highest BCUT2D eigenvalue weighted by molar-refractivity contribution is 7.09. The van der Waals surface area contributed by atoms with Crippen LogP contribution in [0.4, 0.5) is 0 Å². The van der Waals surface area contributed by atoms with Crippen LogP contribution >= 0.6 is 34.5 Å². The quantitative estimate of drug-likeness (QED) is 0.860. The van der Waals surface area contributed by atoms with E-state index in [2.05, 4.69) is 15.6 Å². The van der Waals surface area contributed by atoms with Crippen molar-refractivity contribution in [3.8, 4) is 0 Å². The van der Waals surface area contributed by atoms with E-state index in [4.69, 9.17) is 23.2 Å². The van der Waals surface area contributed by atoms with Crippen molar-refractivity contribution < 1.29 is 4.79 Å². The molecule has 1 aliphatic rings. The normalized spacial score (nSPS) is 15.6. The summed E-state index contributed by atoms with van der Waals surface area (Å²) in [7, 11) is 0. The Morgan fingerprint density at radius 1 is 1.35 bits per heavy atom. The van der Waals surface area contributed by atoms with Crippen molar-refractivity contribution in [3.05, 3.63) is 49.9 Å². The molecular formula is C16H17Cl2N3OS. The molecule has 2 heterocycles. The zero-order chi connectivity index (χ0) is 16.2. The number of benzene rings is 1. The Hall–Kier alpha value is -1.14. The van der Waals surface area contributed by atoms with Gasteiger partial charge >= 0.3 is 0 Å². The second kappa shape index (κ2) is 7.62. The Kier molecular flexibility index (Phi) is 5.54. The molecule has 0 atom stereocenters. The fourth-order valence-corrected chi connectivity index (χ4v) is 3.96. The third-order valence-corrected chi connectivity index (χ3v) is 5.78. The van der Waals surface area contributed by atoms with Gasteiger partial charge < -0.3 is 10.6 Å². The Balaban J connectivity index is 1.62. The molecule has 23 heavy (non-hydrogen) atoms. The van der Waals surface area contributed by atoms with Gasteiger partial charge in [-0.1, -0.05) is 35.3 Å². The molecule has 1 saturated heterocycles. The molecule has 0 radical (unpaired) electrons. The van der Waals surface area contributed by atoms with Crippen LogP contribution in [-0.4, -0.2) is 24.0 Å². The number of hydrogen-bond donors (Lipinski definition) is 2. The number of amides is 1. The summed E-state index contributed by atoms with van der Waals surface area (Å²) in [6, 6.07) is 5.38. The maximum absolute atomic E-state index is 12.3. The number of thiazole rings is 1. The first-order valence-electron chi connectivity index (χ1n) is 7.52. The summed E-state index contributed by atoms with van der Waals surface area (Å²) < 4.78 is 0. The molecule has 1 amide bonds. The minimum absolute atomic E-state index is 0.183. The first kappa shape index (κ1) is 16.7. The van der Waals surface area contributed by atoms with Gasteiger partial charge in [-0.2, -0.15) is 0 Å². The van der Waals surface area contributed by atoms with Crippen LogP contribution in [0.1, 0.15) is 39.8 Å². The fourth-order valence-electron chi connectivity index (χ4n) is 2.60. The third-order valence-electron chi connectivity index (χ3n) is 3.91. The highest BCUT2D eigenvalue weighted by Gasteiger charge is 2.20. The fraction of sp³-hybridized carbons (Fsp3) is 0.375. The number of halogens is 2. The molecule has 0 saturated carbocycles. The van der Waals surface area contributed by atoms with E-state index in [9.17, 15) is 4.79 Å². The van der Waals surface area contributed by atoms with Crippen LogP contribution in [-0.2, 0) is 6.54 Å². The maximum Gasteiger partial charge on any atom is 0.271 e. The molecular weight excluding hydrogens is 353 g/mol. The van der Waals surface area contributed by atoms with E-state index in [0.717, 1.165) is 36.5 Å². The summed E-state index contributed by atoms with van der Waals surface area (Å²) in [6.45, 7) is 2.36. The molecule has 1 aromatic heterocycles. The highest BCUT2D eigenvalue weighted by Crippen LogP contribution is 2.28. The molecule has 0 aliphatic carbocycles. The lowest BCUT2D eigenvalue weighted by Crippen LogP contribution is -2.27. The summed E-state index contributed by atoms with van der Waals surface area (Å²) in [5.74, 6) is 0.280. The van der Waals surface area contributed by atoms with E-state index in [-0.39, 0.29) is 5.91 Å². The van der Waals surface area contributed by atoms with Gasteiger partial charge in [0, 0.05) is 17.8 Å². The maximum atomic E-state index is 12.3. The summed E-state index contributed by atoms with van der Waals surface area (Å²) in [6.07, 6.45) is 2.15. The molecule has 0 bridgehead atoms. The van der Waals surface area contributed by atoms with E-state index in [1.807, 2.05) is 17.5 Å². The van der Waals surface area contributed by atoms with Crippen LogP contribution in [0.2, 0.25) is 10.0 Å². The molecule has 7 heteroatoms. The zero-order valence-electron chi connectivity index (χ0n) is 12.4. The summed E-state index contributed by atoms with van der Waals surface area (Å²) in [4.78, 5) is 16.8. The number of aromatic nitrogens is 1. The Labute approximate surface area is 149 Å². The Bertz CT molecular complexity index is 698. The van der Waals surface area contributed by atoms with Crippen LogP contribution in [0.25, 0.3) is 0 Å². The topological polar surface area (TPSA) is 54.0 Å². The predicted octanol–water partition coefficient (Wildman–Crippen LogP) is 3.85. The first-order chi connectivity index (χ1) is 11.1. The molecule has 2 aromatic rings. The molecule has 122 valence electrons. The molecule has 1 aliphatic heterocycles. The highest BCUT2D eigenvalue weighted by atomic mass is 35.5. The lowest BCUT2D eigenvalue weighted by atomic mass is 9.99. The zero-order valence-corrected chi connectivity index (χ0v) is 14.8. The van der Waals surface area contributed by atoms with Crippen LogP contribution in [0.15, 0.2) is 23.6 Å². The number of piperidine rings is 1. The Morgan fingerprint density at radius 3 is 2.91 bits per heavy atom. The summed E-state index contributed by atoms with van der Waals surface area (Å²) in [5, 5.41) is 10.0. The van der Waals surface area contributed by atoms with Gasteiger partial charge in [0.2, 0.25) is 0 Å². The van der Waals surface area contributed by atoms with Gasteiger partial charge in [0.15, 0.2) is 0 Å². The minimum atomic E-state index is -0.183. The standard InChI is InChI=1S/C16H17Cl2N3OS/c17-12-3-1-2-11(14(12)18)8-20-15(22)13-9-23-16(21-13)10-4-6-19-7-5-10/h1-3,9-10,19H,4-8H2,(H,20,22). The average molecular weight is 370 g/mol. The minimum Gasteiger partial charge on any atom is -0.347 e. The van der Waals surface area contributed by atoms with E-state index < -0.39 is 0 Å². The molecule has 0 unspecified atom stereocenters. The average Bonchev–Trinajstić information content (AvgIpc) is 3.07. The molecule has 2 N–H and O–H groups in total. The van der Waals surface area contributed by atoms with Crippen molar-refractivity contribution in [2.45, 2.75) is 25.3 Å². The molecule has 3 rings (SSSR count). The summed E-state index contributed by atoms with van der Waals surface area (Å²) >= 11 is 13.7. The van der Waals surface area contributed by atoms with E-state index in [0.29, 0.717) is 28.2 Å². The molecule has 1 aromatic carbocycles. The van der Waals surface area contributed by atoms with Gasteiger partial charge in [-0.25, -0.2) is 4.98 Å². The summed E-state index contributed by atoms with van der Waals surface area (Å²) in [5.41, 5.74) is 1.27. The van der Waals surface area contributed by atoms with Crippen LogP contribution < -0.4 is 10.6 Å². The van der Waals surface area contributed by atoms with Gasteiger partial charge in [0.25, 0.3) is 5.91 Å². The second-order valence-corrected chi connectivity index (χ2v) is 7.17. The van der Waals surface area contributed by atoms with E-state index in [1.54, 1.807) is 17.4 Å². The van der Waals surface area contributed by atoms with Gasteiger partial charge in [-0.05, 0) is 37.6 Å². The van der Waals surface area contributed by atoms with Gasteiger partial charge in [0.1, 0.15) is 5.69 Å². The molecule has 1 fully saturated rings. The van der Waals surface area contributed by atoms with Crippen LogP contribution in [0, 0.1) is 0 Å². The van der Waals surface area contributed by atoms with Crippen molar-refractivity contribution in [2.24, 2.45) is 0 Å². The van der Waals surface area contributed by atoms with Crippen molar-refractivity contribution in [1.29, 1.82) is 0 Å². The lowest BCUT2D eigenvalue weighted by molar-refractivity contribution is 0.0946.